The third-order valence-electron chi connectivity index (χ3n) is 2.45. The van der Waals surface area contributed by atoms with E-state index in [1.807, 2.05) is 25.2 Å². The molecule has 2 rings (SSSR count). The van der Waals surface area contributed by atoms with Crippen LogP contribution in [0.2, 0.25) is 5.02 Å². The summed E-state index contributed by atoms with van der Waals surface area (Å²) in [4.78, 5) is 15.3. The van der Waals surface area contributed by atoms with Crippen LogP contribution in [0, 0.1) is 0 Å². The van der Waals surface area contributed by atoms with E-state index in [2.05, 4.69) is 10.3 Å². The van der Waals surface area contributed by atoms with Crippen molar-refractivity contribution in [2.45, 2.75) is 6.42 Å². The number of carbonyl (C=O) groups is 1. The van der Waals surface area contributed by atoms with Crippen molar-refractivity contribution in [1.29, 1.82) is 0 Å². The zero-order chi connectivity index (χ0) is 12.4. The summed E-state index contributed by atoms with van der Waals surface area (Å²) in [6.45, 7) is 0. The Morgan fingerprint density at radius 3 is 2.88 bits per heavy atom. The number of nitrogens with one attached hydrogen (secondary N) is 1. The second-order valence-electron chi connectivity index (χ2n) is 3.72. The van der Waals surface area contributed by atoms with Crippen LogP contribution in [0.5, 0.6) is 0 Å². The quantitative estimate of drug-likeness (QED) is 0.874. The first-order valence-electron chi connectivity index (χ1n) is 5.15. The van der Waals surface area contributed by atoms with E-state index < -0.39 is 5.91 Å². The monoisotopic (exact) mass is 249 g/mol. The van der Waals surface area contributed by atoms with E-state index in [9.17, 15) is 4.79 Å². The molecular formula is C12H12ClN3O. The van der Waals surface area contributed by atoms with Crippen molar-refractivity contribution >= 4 is 34.1 Å². The number of anilines is 1. The number of rotatable bonds is 3. The molecule has 2 aromatic rings. The number of primary amides is 1. The molecular weight excluding hydrogens is 238 g/mol. The number of carbonyl (C=O) groups excluding carboxylic acids is 1. The predicted molar refractivity (Wildman–Crippen MR) is 69.2 cm³/mol. The van der Waals surface area contributed by atoms with E-state index in [0.29, 0.717) is 10.7 Å². The van der Waals surface area contributed by atoms with Crippen molar-refractivity contribution in [3.05, 3.63) is 35.0 Å². The highest BCUT2D eigenvalue weighted by molar-refractivity contribution is 6.31. The largest absolute Gasteiger partial charge is 0.388 e. The molecule has 0 fully saturated rings. The summed E-state index contributed by atoms with van der Waals surface area (Å²) >= 11 is 5.94. The molecule has 1 amide bonds. The summed E-state index contributed by atoms with van der Waals surface area (Å²) in [5.41, 5.74) is 7.49. The molecule has 17 heavy (non-hydrogen) atoms. The van der Waals surface area contributed by atoms with Gasteiger partial charge < -0.3 is 11.1 Å². The Bertz CT molecular complexity index is 583. The van der Waals surface area contributed by atoms with Gasteiger partial charge in [0.15, 0.2) is 0 Å². The van der Waals surface area contributed by atoms with E-state index >= 15 is 0 Å². The second-order valence-corrected chi connectivity index (χ2v) is 4.15. The molecule has 0 atom stereocenters. The van der Waals surface area contributed by atoms with Gasteiger partial charge in [-0.1, -0.05) is 11.6 Å². The molecule has 0 aliphatic carbocycles. The predicted octanol–water partition coefficient (Wildman–Crippen LogP) is 1.96. The van der Waals surface area contributed by atoms with Crippen molar-refractivity contribution in [2.24, 2.45) is 5.73 Å². The summed E-state index contributed by atoms with van der Waals surface area (Å²) in [6.07, 6.45) is 0.132. The SMILES string of the molecule is CNc1cc(CC(N)=O)nc2ccc(Cl)cc12. The molecule has 1 aromatic heterocycles. The van der Waals surface area contributed by atoms with Crippen LogP contribution >= 0.6 is 11.6 Å². The minimum atomic E-state index is -0.395. The third-order valence-corrected chi connectivity index (χ3v) is 2.68. The number of hydrogen-bond donors (Lipinski definition) is 2. The average Bonchev–Trinajstić information content (AvgIpc) is 2.27. The lowest BCUT2D eigenvalue weighted by Gasteiger charge is -2.08. The Balaban J connectivity index is 2.61. The summed E-state index contributed by atoms with van der Waals surface area (Å²) in [5, 5.41) is 4.64. The fourth-order valence-corrected chi connectivity index (χ4v) is 1.90. The Labute approximate surface area is 104 Å². The fraction of sp³-hybridized carbons (Fsp3) is 0.167. The number of amides is 1. The van der Waals surface area contributed by atoms with Crippen molar-refractivity contribution in [3.8, 4) is 0 Å². The van der Waals surface area contributed by atoms with Gasteiger partial charge in [0.2, 0.25) is 5.91 Å². The maximum Gasteiger partial charge on any atom is 0.223 e. The molecule has 5 heteroatoms. The topological polar surface area (TPSA) is 68.0 Å². The zero-order valence-corrected chi connectivity index (χ0v) is 10.1. The Hall–Kier alpha value is -1.81. The molecule has 1 aromatic carbocycles. The van der Waals surface area contributed by atoms with Gasteiger partial charge in [-0.3, -0.25) is 9.78 Å². The molecule has 0 radical (unpaired) electrons. The molecule has 0 aliphatic rings. The van der Waals surface area contributed by atoms with E-state index in [1.54, 1.807) is 6.07 Å². The molecule has 0 bridgehead atoms. The van der Waals surface area contributed by atoms with Crippen LogP contribution in [0.4, 0.5) is 5.69 Å². The number of nitrogens with two attached hydrogens (primary N) is 1. The molecule has 4 nitrogen and oxygen atoms in total. The normalized spacial score (nSPS) is 10.5. The van der Waals surface area contributed by atoms with Crippen LogP contribution in [0.15, 0.2) is 24.3 Å². The molecule has 1 heterocycles. The van der Waals surface area contributed by atoms with Crippen LogP contribution in [-0.2, 0) is 11.2 Å². The summed E-state index contributed by atoms with van der Waals surface area (Å²) in [5.74, 6) is -0.395. The maximum absolute atomic E-state index is 10.9. The molecule has 0 unspecified atom stereocenters. The number of fused-ring (bicyclic) bond motifs is 1. The number of halogens is 1. The van der Waals surface area contributed by atoms with Gasteiger partial charge in [-0.15, -0.1) is 0 Å². The zero-order valence-electron chi connectivity index (χ0n) is 9.33. The van der Waals surface area contributed by atoms with Gasteiger partial charge in [0.25, 0.3) is 0 Å². The number of benzene rings is 1. The van der Waals surface area contributed by atoms with Crippen LogP contribution < -0.4 is 11.1 Å². The van der Waals surface area contributed by atoms with Crippen LogP contribution in [-0.4, -0.2) is 17.9 Å². The summed E-state index contributed by atoms with van der Waals surface area (Å²) in [6, 6.07) is 7.24. The Kier molecular flexibility index (Phi) is 3.15. The molecule has 0 spiro atoms. The van der Waals surface area contributed by atoms with Crippen molar-refractivity contribution in [1.82, 2.24) is 4.98 Å². The molecule has 88 valence electrons. The number of hydrogen-bond acceptors (Lipinski definition) is 3. The average molecular weight is 250 g/mol. The van der Waals surface area contributed by atoms with Crippen molar-refractivity contribution < 1.29 is 4.79 Å². The maximum atomic E-state index is 10.9. The standard InChI is InChI=1S/C12H12ClN3O/c1-15-11-5-8(6-12(14)17)16-10-3-2-7(13)4-9(10)11/h2-5H,6H2,1H3,(H2,14,17)(H,15,16). The lowest BCUT2D eigenvalue weighted by atomic mass is 10.1. The second kappa shape index (κ2) is 4.59. The van der Waals surface area contributed by atoms with Crippen LogP contribution in [0.1, 0.15) is 5.69 Å². The molecule has 0 aliphatic heterocycles. The first kappa shape index (κ1) is 11.7. The van der Waals surface area contributed by atoms with Crippen LogP contribution in [0.3, 0.4) is 0 Å². The van der Waals surface area contributed by atoms with Crippen molar-refractivity contribution in [3.63, 3.8) is 0 Å². The highest BCUT2D eigenvalue weighted by Gasteiger charge is 2.07. The van der Waals surface area contributed by atoms with Gasteiger partial charge >= 0.3 is 0 Å². The van der Waals surface area contributed by atoms with Gasteiger partial charge in [0.05, 0.1) is 17.6 Å². The third kappa shape index (κ3) is 2.47. The van der Waals surface area contributed by atoms with E-state index in [1.165, 1.54) is 0 Å². The number of aromatic nitrogens is 1. The lowest BCUT2D eigenvalue weighted by molar-refractivity contribution is -0.117. The Morgan fingerprint density at radius 1 is 1.47 bits per heavy atom. The number of nitrogens with zero attached hydrogens (tertiary/aromatic N) is 1. The summed E-state index contributed by atoms with van der Waals surface area (Å²) in [7, 11) is 1.81. The molecule has 0 saturated carbocycles. The van der Waals surface area contributed by atoms with Crippen LogP contribution in [0.25, 0.3) is 10.9 Å². The van der Waals surface area contributed by atoms with Crippen molar-refractivity contribution in [2.75, 3.05) is 12.4 Å². The van der Waals surface area contributed by atoms with Gasteiger partial charge in [0, 0.05) is 23.1 Å². The van der Waals surface area contributed by atoms with Gasteiger partial charge in [-0.2, -0.15) is 0 Å². The van der Waals surface area contributed by atoms with Gasteiger partial charge in [-0.05, 0) is 24.3 Å². The van der Waals surface area contributed by atoms with Gasteiger partial charge in [-0.25, -0.2) is 0 Å². The van der Waals surface area contributed by atoms with E-state index in [-0.39, 0.29) is 6.42 Å². The smallest absolute Gasteiger partial charge is 0.223 e. The lowest BCUT2D eigenvalue weighted by Crippen LogP contribution is -2.14. The summed E-state index contributed by atoms with van der Waals surface area (Å²) < 4.78 is 0. The minimum Gasteiger partial charge on any atom is -0.388 e. The molecule has 3 N–H and O–H groups in total. The number of pyridine rings is 1. The molecule has 0 saturated heterocycles. The van der Waals surface area contributed by atoms with E-state index in [4.69, 9.17) is 17.3 Å². The van der Waals surface area contributed by atoms with E-state index in [0.717, 1.165) is 16.6 Å². The highest BCUT2D eigenvalue weighted by atomic mass is 35.5. The minimum absolute atomic E-state index is 0.132. The first-order valence-corrected chi connectivity index (χ1v) is 5.53. The first-order chi connectivity index (χ1) is 8.10. The fourth-order valence-electron chi connectivity index (χ4n) is 1.73. The highest BCUT2D eigenvalue weighted by Crippen LogP contribution is 2.26. The van der Waals surface area contributed by atoms with Gasteiger partial charge in [0.1, 0.15) is 0 Å². The Morgan fingerprint density at radius 2 is 2.24 bits per heavy atom.